The van der Waals surface area contributed by atoms with Gasteiger partial charge in [-0.15, -0.1) is 0 Å². The Balaban J connectivity index is 2.00. The van der Waals surface area contributed by atoms with Crippen LogP contribution in [0.15, 0.2) is 16.2 Å². The summed E-state index contributed by atoms with van der Waals surface area (Å²) in [4.78, 5) is 4.27. The van der Waals surface area contributed by atoms with E-state index < -0.39 is 0 Å². The molecule has 0 spiro atoms. The van der Waals surface area contributed by atoms with E-state index >= 15 is 0 Å². The Hall–Kier alpha value is -1.12. The summed E-state index contributed by atoms with van der Waals surface area (Å²) in [5.41, 5.74) is 1.46. The first-order valence-corrected chi connectivity index (χ1v) is 4.88. The quantitative estimate of drug-likeness (QED) is 0.666. The van der Waals surface area contributed by atoms with Gasteiger partial charge in [-0.2, -0.15) is 4.98 Å². The highest BCUT2D eigenvalue weighted by Crippen LogP contribution is 2.20. The molecular formula is C10H14N2O. The lowest BCUT2D eigenvalue weighted by molar-refractivity contribution is 0.377. The molecule has 3 heteroatoms. The van der Waals surface area contributed by atoms with Gasteiger partial charge in [0.05, 0.1) is 0 Å². The van der Waals surface area contributed by atoms with Crippen molar-refractivity contribution in [2.75, 3.05) is 0 Å². The van der Waals surface area contributed by atoms with Crippen LogP contribution >= 0.6 is 0 Å². The summed E-state index contributed by atoms with van der Waals surface area (Å²) in [7, 11) is 0. The molecule has 0 aromatic carbocycles. The molecule has 1 aliphatic carbocycles. The molecule has 0 bridgehead atoms. The topological polar surface area (TPSA) is 38.9 Å². The average Bonchev–Trinajstić information content (AvgIpc) is 2.76. The van der Waals surface area contributed by atoms with E-state index in [-0.39, 0.29) is 0 Å². The molecule has 0 unspecified atom stereocenters. The van der Waals surface area contributed by atoms with E-state index in [9.17, 15) is 0 Å². The fraction of sp³-hybridized carbons (Fsp3) is 0.600. The first-order chi connectivity index (χ1) is 6.38. The number of allylic oxidation sites excluding steroid dienone is 2. The third-order valence-electron chi connectivity index (χ3n) is 2.33. The summed E-state index contributed by atoms with van der Waals surface area (Å²) in [5.74, 6) is 1.58. The smallest absolute Gasteiger partial charge is 0.226 e. The summed E-state index contributed by atoms with van der Waals surface area (Å²) in [6, 6.07) is 0. The van der Waals surface area contributed by atoms with Gasteiger partial charge < -0.3 is 4.52 Å². The normalized spacial score (nSPS) is 16.2. The number of rotatable bonds is 3. The average molecular weight is 178 g/mol. The van der Waals surface area contributed by atoms with Crippen LogP contribution in [0.2, 0.25) is 0 Å². The first kappa shape index (κ1) is 8.48. The maximum Gasteiger partial charge on any atom is 0.226 e. The van der Waals surface area contributed by atoms with Crippen LogP contribution in [0.3, 0.4) is 0 Å². The molecule has 0 N–H and O–H groups in total. The van der Waals surface area contributed by atoms with Gasteiger partial charge in [-0.05, 0) is 19.3 Å². The van der Waals surface area contributed by atoms with E-state index in [1.807, 2.05) is 6.92 Å². The van der Waals surface area contributed by atoms with Gasteiger partial charge in [-0.3, -0.25) is 0 Å². The van der Waals surface area contributed by atoms with Crippen molar-refractivity contribution in [1.29, 1.82) is 0 Å². The van der Waals surface area contributed by atoms with E-state index in [1.165, 1.54) is 24.8 Å². The second-order valence-corrected chi connectivity index (χ2v) is 3.39. The van der Waals surface area contributed by atoms with E-state index in [0.717, 1.165) is 24.6 Å². The third kappa shape index (κ3) is 1.97. The van der Waals surface area contributed by atoms with Gasteiger partial charge in [0.2, 0.25) is 5.89 Å². The van der Waals surface area contributed by atoms with Crippen LogP contribution in [0.5, 0.6) is 0 Å². The second-order valence-electron chi connectivity index (χ2n) is 3.39. The van der Waals surface area contributed by atoms with Crippen LogP contribution in [-0.4, -0.2) is 10.1 Å². The molecule has 0 amide bonds. The Labute approximate surface area is 77.8 Å². The Kier molecular flexibility index (Phi) is 2.43. The van der Waals surface area contributed by atoms with Crippen LogP contribution < -0.4 is 0 Å². The van der Waals surface area contributed by atoms with E-state index in [2.05, 4.69) is 16.2 Å². The summed E-state index contributed by atoms with van der Waals surface area (Å²) in [6.07, 6.45) is 7.70. The van der Waals surface area contributed by atoms with Crippen LogP contribution in [0.4, 0.5) is 0 Å². The number of nitrogens with zero attached hydrogens (tertiary/aromatic N) is 2. The van der Waals surface area contributed by atoms with Gasteiger partial charge in [0, 0.05) is 12.8 Å². The summed E-state index contributed by atoms with van der Waals surface area (Å²) < 4.78 is 5.04. The molecule has 0 saturated heterocycles. The molecular weight excluding hydrogens is 164 g/mol. The minimum absolute atomic E-state index is 0.744. The summed E-state index contributed by atoms with van der Waals surface area (Å²) in [6.45, 7) is 2.02. The van der Waals surface area contributed by atoms with Crippen LogP contribution in [-0.2, 0) is 12.8 Å². The predicted octanol–water partition coefficient (Wildman–Crippen LogP) is 2.28. The van der Waals surface area contributed by atoms with Crippen molar-refractivity contribution >= 4 is 0 Å². The van der Waals surface area contributed by atoms with Gasteiger partial charge in [-0.1, -0.05) is 23.7 Å². The highest BCUT2D eigenvalue weighted by Gasteiger charge is 2.09. The monoisotopic (exact) mass is 178 g/mol. The van der Waals surface area contributed by atoms with Crippen molar-refractivity contribution in [1.82, 2.24) is 10.1 Å². The molecule has 3 nitrogen and oxygen atoms in total. The number of aromatic nitrogens is 2. The first-order valence-electron chi connectivity index (χ1n) is 4.88. The lowest BCUT2D eigenvalue weighted by atomic mass is 10.1. The SMILES string of the molecule is CCc1nc(CC2=CCCC2)no1. The molecule has 0 fully saturated rings. The predicted molar refractivity (Wildman–Crippen MR) is 49.3 cm³/mol. The standard InChI is InChI=1S/C10H14N2O/c1-2-10-11-9(12-13-10)7-8-5-3-4-6-8/h5H,2-4,6-7H2,1H3. The zero-order valence-electron chi connectivity index (χ0n) is 7.92. The molecule has 0 atom stereocenters. The molecule has 1 aromatic rings. The van der Waals surface area contributed by atoms with Crippen molar-refractivity contribution in [2.24, 2.45) is 0 Å². The highest BCUT2D eigenvalue weighted by molar-refractivity contribution is 5.12. The molecule has 1 aliphatic rings. The zero-order chi connectivity index (χ0) is 9.10. The number of hydrogen-bond acceptors (Lipinski definition) is 3. The second kappa shape index (κ2) is 3.73. The molecule has 1 aromatic heterocycles. The Bertz CT molecular complexity index is 314. The lowest BCUT2D eigenvalue weighted by Gasteiger charge is -1.93. The molecule has 0 aliphatic heterocycles. The van der Waals surface area contributed by atoms with Crippen molar-refractivity contribution < 1.29 is 4.52 Å². The van der Waals surface area contributed by atoms with Crippen molar-refractivity contribution in [3.05, 3.63) is 23.4 Å². The van der Waals surface area contributed by atoms with Crippen LogP contribution in [0, 0.1) is 0 Å². The summed E-state index contributed by atoms with van der Waals surface area (Å²) in [5, 5.41) is 3.92. The minimum atomic E-state index is 0.744. The molecule has 0 radical (unpaired) electrons. The Morgan fingerprint density at radius 1 is 1.54 bits per heavy atom. The van der Waals surface area contributed by atoms with E-state index in [0.29, 0.717) is 0 Å². The fourth-order valence-electron chi connectivity index (χ4n) is 1.61. The van der Waals surface area contributed by atoms with Gasteiger partial charge in [-0.25, -0.2) is 0 Å². The number of hydrogen-bond donors (Lipinski definition) is 0. The molecule has 70 valence electrons. The van der Waals surface area contributed by atoms with Crippen molar-refractivity contribution in [3.8, 4) is 0 Å². The Morgan fingerprint density at radius 3 is 3.08 bits per heavy atom. The minimum Gasteiger partial charge on any atom is -0.339 e. The maximum atomic E-state index is 5.04. The summed E-state index contributed by atoms with van der Waals surface area (Å²) >= 11 is 0. The Morgan fingerprint density at radius 2 is 2.46 bits per heavy atom. The molecule has 1 heterocycles. The molecule has 2 rings (SSSR count). The van der Waals surface area contributed by atoms with E-state index in [4.69, 9.17) is 4.52 Å². The molecule has 13 heavy (non-hydrogen) atoms. The molecule has 0 saturated carbocycles. The zero-order valence-corrected chi connectivity index (χ0v) is 7.92. The van der Waals surface area contributed by atoms with Gasteiger partial charge in [0.15, 0.2) is 5.82 Å². The van der Waals surface area contributed by atoms with Crippen molar-refractivity contribution in [3.63, 3.8) is 0 Å². The van der Waals surface area contributed by atoms with Crippen LogP contribution in [0.1, 0.15) is 37.9 Å². The largest absolute Gasteiger partial charge is 0.339 e. The third-order valence-corrected chi connectivity index (χ3v) is 2.33. The van der Waals surface area contributed by atoms with Gasteiger partial charge in [0.25, 0.3) is 0 Å². The fourth-order valence-corrected chi connectivity index (χ4v) is 1.61. The van der Waals surface area contributed by atoms with Gasteiger partial charge >= 0.3 is 0 Å². The highest BCUT2D eigenvalue weighted by atomic mass is 16.5. The maximum absolute atomic E-state index is 5.04. The number of aryl methyl sites for hydroxylation is 1. The van der Waals surface area contributed by atoms with E-state index in [1.54, 1.807) is 0 Å². The lowest BCUT2D eigenvalue weighted by Crippen LogP contribution is -1.90. The van der Waals surface area contributed by atoms with Crippen LogP contribution in [0.25, 0.3) is 0 Å². The van der Waals surface area contributed by atoms with Gasteiger partial charge in [0.1, 0.15) is 0 Å². The van der Waals surface area contributed by atoms with Crippen molar-refractivity contribution in [2.45, 2.75) is 39.0 Å².